The summed E-state index contributed by atoms with van der Waals surface area (Å²) in [7, 11) is 0. The van der Waals surface area contributed by atoms with Crippen LogP contribution in [0.3, 0.4) is 0 Å². The largest absolute Gasteiger partial charge is 0.245 e. The third-order valence-electron chi connectivity index (χ3n) is 2.67. The first-order valence-corrected chi connectivity index (χ1v) is 6.65. The lowest BCUT2D eigenvalue weighted by Crippen LogP contribution is -1.97. The summed E-state index contributed by atoms with van der Waals surface area (Å²) in [5.74, 6) is 0. The van der Waals surface area contributed by atoms with E-state index in [0.29, 0.717) is 5.69 Å². The molecule has 0 saturated carbocycles. The Morgan fingerprint density at radius 1 is 1.22 bits per heavy atom. The van der Waals surface area contributed by atoms with E-state index in [-0.39, 0.29) is 0 Å². The predicted octanol–water partition coefficient (Wildman–Crippen LogP) is 4.15. The number of nitrogens with zero attached hydrogens (tertiary/aromatic N) is 2. The number of hydrogen-bond acceptors (Lipinski definition) is 2. The molecule has 0 N–H and O–H groups in total. The number of nitriles is 1. The minimum Gasteiger partial charge on any atom is -0.245 e. The van der Waals surface area contributed by atoms with Crippen LogP contribution in [0.2, 0.25) is 5.02 Å². The summed E-state index contributed by atoms with van der Waals surface area (Å²) in [6, 6.07) is 11.6. The molecule has 0 aliphatic carbocycles. The van der Waals surface area contributed by atoms with Crippen LogP contribution in [0, 0.1) is 11.3 Å². The third kappa shape index (κ3) is 3.10. The van der Waals surface area contributed by atoms with Crippen molar-refractivity contribution in [3.05, 3.63) is 62.8 Å². The molecule has 1 aromatic heterocycles. The first-order chi connectivity index (χ1) is 8.70. The molecule has 0 unspecified atom stereocenters. The van der Waals surface area contributed by atoms with E-state index in [2.05, 4.69) is 27.0 Å². The molecule has 4 heteroatoms. The van der Waals surface area contributed by atoms with E-state index >= 15 is 0 Å². The van der Waals surface area contributed by atoms with Gasteiger partial charge in [-0.1, -0.05) is 33.6 Å². The highest BCUT2D eigenvalue weighted by Gasteiger charge is 2.05. The molecule has 0 atom stereocenters. The molecule has 90 valence electrons. The first kappa shape index (κ1) is 13.1. The minimum absolute atomic E-state index is 0.496. The standard InChI is InChI=1S/C14H10BrClN2/c15-13-6-5-12(16)8-11(13)4-3-10-2-1-7-18-14(10)9-17/h1-2,5-8H,3-4H2. The highest BCUT2D eigenvalue weighted by Crippen LogP contribution is 2.23. The van der Waals surface area contributed by atoms with Gasteiger partial charge in [-0.3, -0.25) is 0 Å². The molecular weight excluding hydrogens is 312 g/mol. The van der Waals surface area contributed by atoms with Crippen LogP contribution in [0.5, 0.6) is 0 Å². The maximum absolute atomic E-state index is 8.97. The van der Waals surface area contributed by atoms with Crippen LogP contribution in [0.25, 0.3) is 0 Å². The van der Waals surface area contributed by atoms with E-state index in [1.807, 2.05) is 30.3 Å². The molecule has 2 rings (SSSR count). The number of rotatable bonds is 3. The SMILES string of the molecule is N#Cc1ncccc1CCc1cc(Cl)ccc1Br. The van der Waals surface area contributed by atoms with Gasteiger partial charge in [0.2, 0.25) is 0 Å². The Kier molecular flexibility index (Phi) is 4.35. The molecular formula is C14H10BrClN2. The molecule has 0 spiro atoms. The fourth-order valence-corrected chi connectivity index (χ4v) is 2.38. The quantitative estimate of drug-likeness (QED) is 0.851. The molecule has 0 aliphatic rings. The second kappa shape index (κ2) is 5.99. The number of hydrogen-bond donors (Lipinski definition) is 0. The number of aromatic nitrogens is 1. The van der Waals surface area contributed by atoms with Crippen LogP contribution in [0.15, 0.2) is 41.0 Å². The Morgan fingerprint density at radius 3 is 2.78 bits per heavy atom. The lowest BCUT2D eigenvalue weighted by atomic mass is 10.0. The second-order valence-electron chi connectivity index (χ2n) is 3.86. The van der Waals surface area contributed by atoms with Crippen LogP contribution in [0.4, 0.5) is 0 Å². The van der Waals surface area contributed by atoms with Gasteiger partial charge in [0.15, 0.2) is 0 Å². The summed E-state index contributed by atoms with van der Waals surface area (Å²) >= 11 is 9.47. The molecule has 0 fully saturated rings. The molecule has 1 heterocycles. The Balaban J connectivity index is 2.17. The van der Waals surface area contributed by atoms with Crippen molar-refractivity contribution in [2.75, 3.05) is 0 Å². The van der Waals surface area contributed by atoms with Gasteiger partial charge in [0, 0.05) is 15.7 Å². The van der Waals surface area contributed by atoms with E-state index in [1.54, 1.807) is 6.20 Å². The van der Waals surface area contributed by atoms with Gasteiger partial charge in [0.05, 0.1) is 0 Å². The summed E-state index contributed by atoms with van der Waals surface area (Å²) in [5.41, 5.74) is 2.60. The minimum atomic E-state index is 0.496. The highest BCUT2D eigenvalue weighted by molar-refractivity contribution is 9.10. The molecule has 2 aromatic rings. The maximum Gasteiger partial charge on any atom is 0.143 e. The third-order valence-corrected chi connectivity index (χ3v) is 3.68. The molecule has 0 bridgehead atoms. The van der Waals surface area contributed by atoms with Gasteiger partial charge in [0.1, 0.15) is 11.8 Å². The average Bonchev–Trinajstić information content (AvgIpc) is 2.40. The molecule has 0 aliphatic heterocycles. The zero-order chi connectivity index (χ0) is 13.0. The molecule has 0 radical (unpaired) electrons. The van der Waals surface area contributed by atoms with Gasteiger partial charge in [-0.25, -0.2) is 4.98 Å². The normalized spacial score (nSPS) is 10.1. The average molecular weight is 322 g/mol. The van der Waals surface area contributed by atoms with Crippen LogP contribution in [-0.4, -0.2) is 4.98 Å². The summed E-state index contributed by atoms with van der Waals surface area (Å²) in [6.07, 6.45) is 3.23. The number of benzene rings is 1. The van der Waals surface area contributed by atoms with Crippen molar-refractivity contribution in [1.82, 2.24) is 4.98 Å². The van der Waals surface area contributed by atoms with E-state index in [0.717, 1.165) is 33.5 Å². The summed E-state index contributed by atoms with van der Waals surface area (Å²) in [5, 5.41) is 9.69. The zero-order valence-electron chi connectivity index (χ0n) is 9.53. The van der Waals surface area contributed by atoms with Crippen molar-refractivity contribution in [2.24, 2.45) is 0 Å². The van der Waals surface area contributed by atoms with Gasteiger partial charge >= 0.3 is 0 Å². The Bertz CT molecular complexity index is 605. The predicted molar refractivity (Wildman–Crippen MR) is 75.5 cm³/mol. The Labute approximate surface area is 119 Å². The van der Waals surface area contributed by atoms with Gasteiger partial charge < -0.3 is 0 Å². The maximum atomic E-state index is 8.97. The van der Waals surface area contributed by atoms with Crippen molar-refractivity contribution in [3.8, 4) is 6.07 Å². The van der Waals surface area contributed by atoms with Gasteiger partial charge in [-0.15, -0.1) is 0 Å². The van der Waals surface area contributed by atoms with Crippen LogP contribution in [0.1, 0.15) is 16.8 Å². The Morgan fingerprint density at radius 2 is 2.00 bits per heavy atom. The highest BCUT2D eigenvalue weighted by atomic mass is 79.9. The molecule has 0 saturated heterocycles. The number of pyridine rings is 1. The fourth-order valence-electron chi connectivity index (χ4n) is 1.75. The zero-order valence-corrected chi connectivity index (χ0v) is 11.9. The number of aryl methyl sites for hydroxylation is 2. The van der Waals surface area contributed by atoms with Crippen LogP contribution < -0.4 is 0 Å². The van der Waals surface area contributed by atoms with Gasteiger partial charge in [-0.05, 0) is 48.2 Å². The second-order valence-corrected chi connectivity index (χ2v) is 5.15. The summed E-state index contributed by atoms with van der Waals surface area (Å²) in [6.45, 7) is 0. The van der Waals surface area contributed by atoms with Crippen LogP contribution in [-0.2, 0) is 12.8 Å². The summed E-state index contributed by atoms with van der Waals surface area (Å²) in [4.78, 5) is 4.05. The van der Waals surface area contributed by atoms with Gasteiger partial charge in [0.25, 0.3) is 0 Å². The Hall–Kier alpha value is -1.37. The van der Waals surface area contributed by atoms with Crippen molar-refractivity contribution in [3.63, 3.8) is 0 Å². The van der Waals surface area contributed by atoms with E-state index < -0.39 is 0 Å². The molecule has 18 heavy (non-hydrogen) atoms. The van der Waals surface area contributed by atoms with Crippen molar-refractivity contribution in [1.29, 1.82) is 5.26 Å². The molecule has 2 nitrogen and oxygen atoms in total. The van der Waals surface area contributed by atoms with Crippen molar-refractivity contribution >= 4 is 27.5 Å². The lowest BCUT2D eigenvalue weighted by Gasteiger charge is -2.06. The number of halogens is 2. The lowest BCUT2D eigenvalue weighted by molar-refractivity contribution is 0.938. The van der Waals surface area contributed by atoms with Crippen LogP contribution >= 0.6 is 27.5 Å². The van der Waals surface area contributed by atoms with E-state index in [1.165, 1.54) is 0 Å². The summed E-state index contributed by atoms with van der Waals surface area (Å²) < 4.78 is 1.04. The van der Waals surface area contributed by atoms with Crippen molar-refractivity contribution < 1.29 is 0 Å². The van der Waals surface area contributed by atoms with Gasteiger partial charge in [-0.2, -0.15) is 5.26 Å². The molecule has 0 amide bonds. The smallest absolute Gasteiger partial charge is 0.143 e. The fraction of sp³-hybridized carbons (Fsp3) is 0.143. The first-order valence-electron chi connectivity index (χ1n) is 5.48. The van der Waals surface area contributed by atoms with E-state index in [4.69, 9.17) is 16.9 Å². The van der Waals surface area contributed by atoms with Crippen molar-refractivity contribution in [2.45, 2.75) is 12.8 Å². The monoisotopic (exact) mass is 320 g/mol. The van der Waals surface area contributed by atoms with E-state index in [9.17, 15) is 0 Å². The topological polar surface area (TPSA) is 36.7 Å². The molecule has 1 aromatic carbocycles.